The van der Waals surface area contributed by atoms with E-state index in [1.165, 1.54) is 6.33 Å². The van der Waals surface area contributed by atoms with Gasteiger partial charge in [0.1, 0.15) is 17.8 Å². The second-order valence-corrected chi connectivity index (χ2v) is 3.89. The van der Waals surface area contributed by atoms with E-state index in [4.69, 9.17) is 16.3 Å². The van der Waals surface area contributed by atoms with Crippen LogP contribution in [0.25, 0.3) is 11.3 Å². The number of hydrogen-bond acceptors (Lipinski definition) is 5. The van der Waals surface area contributed by atoms with Gasteiger partial charge in [0.15, 0.2) is 5.82 Å². The summed E-state index contributed by atoms with van der Waals surface area (Å²) in [5.41, 5.74) is 1.50. The van der Waals surface area contributed by atoms with Gasteiger partial charge < -0.3 is 10.1 Å². The van der Waals surface area contributed by atoms with Gasteiger partial charge in [-0.15, -0.1) is 10.2 Å². The van der Waals surface area contributed by atoms with Crippen LogP contribution in [-0.4, -0.2) is 28.8 Å². The zero-order valence-electron chi connectivity index (χ0n) is 10.1. The Kier molecular flexibility index (Phi) is 3.94. The number of anilines is 1. The molecule has 94 valence electrons. The van der Waals surface area contributed by atoms with Gasteiger partial charge in [-0.05, 0) is 25.1 Å². The first-order valence-corrected chi connectivity index (χ1v) is 5.92. The summed E-state index contributed by atoms with van der Waals surface area (Å²) in [6.07, 6.45) is 1.39. The molecule has 0 bridgehead atoms. The quantitative estimate of drug-likeness (QED) is 0.920. The number of hydrogen-bond donors (Lipinski definition) is 1. The summed E-state index contributed by atoms with van der Waals surface area (Å²) >= 11 is 6.14. The van der Waals surface area contributed by atoms with Crippen molar-refractivity contribution in [3.8, 4) is 17.0 Å². The van der Waals surface area contributed by atoms with E-state index in [0.717, 1.165) is 5.56 Å². The molecule has 2 aromatic rings. The Morgan fingerprint density at radius 3 is 2.89 bits per heavy atom. The van der Waals surface area contributed by atoms with E-state index in [1.54, 1.807) is 13.1 Å². The lowest BCUT2D eigenvalue weighted by atomic mass is 10.1. The van der Waals surface area contributed by atoms with E-state index in [0.29, 0.717) is 28.9 Å². The van der Waals surface area contributed by atoms with Crippen molar-refractivity contribution in [2.24, 2.45) is 0 Å². The lowest BCUT2D eigenvalue weighted by Gasteiger charge is -2.09. The van der Waals surface area contributed by atoms with Gasteiger partial charge in [-0.25, -0.2) is 4.98 Å². The number of halogens is 1. The zero-order valence-corrected chi connectivity index (χ0v) is 10.9. The molecule has 1 N–H and O–H groups in total. The van der Waals surface area contributed by atoms with Crippen molar-refractivity contribution in [1.29, 1.82) is 0 Å². The molecule has 0 atom stereocenters. The molecule has 0 saturated heterocycles. The SMILES string of the molecule is CCOc1ccc(-c2nncnc2NC)cc1Cl. The Labute approximate surface area is 110 Å². The number of aromatic nitrogens is 3. The van der Waals surface area contributed by atoms with Crippen LogP contribution in [0.1, 0.15) is 6.92 Å². The summed E-state index contributed by atoms with van der Waals surface area (Å²) in [4.78, 5) is 4.10. The third-order valence-corrected chi connectivity index (χ3v) is 2.66. The second-order valence-electron chi connectivity index (χ2n) is 3.49. The average molecular weight is 265 g/mol. The summed E-state index contributed by atoms with van der Waals surface area (Å²) in [6.45, 7) is 2.49. The lowest BCUT2D eigenvalue weighted by molar-refractivity contribution is 0.340. The van der Waals surface area contributed by atoms with Crippen LogP contribution in [0.5, 0.6) is 5.75 Å². The summed E-state index contributed by atoms with van der Waals surface area (Å²) in [5, 5.41) is 11.4. The minimum absolute atomic E-state index is 0.544. The summed E-state index contributed by atoms with van der Waals surface area (Å²) in [7, 11) is 1.78. The van der Waals surface area contributed by atoms with Gasteiger partial charge in [0.05, 0.1) is 11.6 Å². The molecule has 0 radical (unpaired) electrons. The minimum atomic E-state index is 0.544. The number of ether oxygens (including phenoxy) is 1. The standard InChI is InChI=1S/C12H13ClN4O/c1-3-18-10-5-4-8(6-9(10)13)11-12(14-2)15-7-16-17-11/h4-7H,3H2,1-2H3,(H,14,15,16). The fourth-order valence-electron chi connectivity index (χ4n) is 1.57. The Bertz CT molecular complexity index is 547. The maximum absolute atomic E-state index is 6.14. The Hall–Kier alpha value is -1.88. The van der Waals surface area contributed by atoms with Crippen molar-refractivity contribution in [3.05, 3.63) is 29.5 Å². The normalized spacial score (nSPS) is 10.2. The lowest BCUT2D eigenvalue weighted by Crippen LogP contribution is -1.99. The molecule has 0 aliphatic carbocycles. The van der Waals surface area contributed by atoms with Crippen molar-refractivity contribution in [1.82, 2.24) is 15.2 Å². The van der Waals surface area contributed by atoms with Crippen molar-refractivity contribution >= 4 is 17.4 Å². The molecule has 5 nitrogen and oxygen atoms in total. The van der Waals surface area contributed by atoms with E-state index in [1.807, 2.05) is 19.1 Å². The van der Waals surface area contributed by atoms with E-state index in [2.05, 4.69) is 20.5 Å². The molecule has 0 aliphatic rings. The Morgan fingerprint density at radius 2 is 2.22 bits per heavy atom. The highest BCUT2D eigenvalue weighted by molar-refractivity contribution is 6.32. The molecular weight excluding hydrogens is 252 g/mol. The van der Waals surface area contributed by atoms with Crippen LogP contribution in [0.15, 0.2) is 24.5 Å². The van der Waals surface area contributed by atoms with Crippen LogP contribution in [0.3, 0.4) is 0 Å². The molecule has 2 rings (SSSR count). The summed E-state index contributed by atoms with van der Waals surface area (Å²) in [6, 6.07) is 5.48. The Morgan fingerprint density at radius 1 is 1.39 bits per heavy atom. The molecule has 0 unspecified atom stereocenters. The van der Waals surface area contributed by atoms with Crippen LogP contribution < -0.4 is 10.1 Å². The van der Waals surface area contributed by atoms with E-state index < -0.39 is 0 Å². The summed E-state index contributed by atoms with van der Waals surface area (Å²) in [5.74, 6) is 1.32. The van der Waals surface area contributed by atoms with Gasteiger partial charge in [0.2, 0.25) is 0 Å². The van der Waals surface area contributed by atoms with Gasteiger partial charge in [0, 0.05) is 12.6 Å². The average Bonchev–Trinajstić information content (AvgIpc) is 2.41. The van der Waals surface area contributed by atoms with E-state index in [9.17, 15) is 0 Å². The van der Waals surface area contributed by atoms with Crippen molar-refractivity contribution in [2.75, 3.05) is 19.0 Å². The van der Waals surface area contributed by atoms with Crippen molar-refractivity contribution in [2.45, 2.75) is 6.92 Å². The van der Waals surface area contributed by atoms with Gasteiger partial charge in [0.25, 0.3) is 0 Å². The van der Waals surface area contributed by atoms with Crippen LogP contribution in [0.4, 0.5) is 5.82 Å². The smallest absolute Gasteiger partial charge is 0.156 e. The molecule has 0 fully saturated rings. The number of nitrogens with one attached hydrogen (secondary N) is 1. The maximum Gasteiger partial charge on any atom is 0.156 e. The molecule has 0 saturated carbocycles. The first kappa shape index (κ1) is 12.6. The second kappa shape index (κ2) is 5.64. The van der Waals surface area contributed by atoms with Crippen LogP contribution in [-0.2, 0) is 0 Å². The van der Waals surface area contributed by atoms with Crippen LogP contribution >= 0.6 is 11.6 Å². The molecule has 18 heavy (non-hydrogen) atoms. The zero-order chi connectivity index (χ0) is 13.0. The molecule has 6 heteroatoms. The molecule has 1 aromatic carbocycles. The molecule has 0 amide bonds. The third kappa shape index (κ3) is 2.51. The van der Waals surface area contributed by atoms with Crippen molar-refractivity contribution in [3.63, 3.8) is 0 Å². The van der Waals surface area contributed by atoms with Gasteiger partial charge >= 0.3 is 0 Å². The molecule has 1 heterocycles. The predicted molar refractivity (Wildman–Crippen MR) is 71.0 cm³/mol. The van der Waals surface area contributed by atoms with Gasteiger partial charge in [-0.2, -0.15) is 0 Å². The van der Waals surface area contributed by atoms with Crippen molar-refractivity contribution < 1.29 is 4.74 Å². The van der Waals surface area contributed by atoms with Gasteiger partial charge in [-0.1, -0.05) is 11.6 Å². The fraction of sp³-hybridized carbons (Fsp3) is 0.250. The first-order chi connectivity index (χ1) is 8.76. The predicted octanol–water partition coefficient (Wildman–Crippen LogP) is 2.63. The highest BCUT2D eigenvalue weighted by Crippen LogP contribution is 2.31. The number of rotatable bonds is 4. The highest BCUT2D eigenvalue weighted by atomic mass is 35.5. The third-order valence-electron chi connectivity index (χ3n) is 2.36. The molecular formula is C12H13ClN4O. The monoisotopic (exact) mass is 264 g/mol. The number of benzene rings is 1. The molecule has 1 aromatic heterocycles. The summed E-state index contributed by atoms with van der Waals surface area (Å²) < 4.78 is 5.38. The Balaban J connectivity index is 2.42. The van der Waals surface area contributed by atoms with E-state index in [-0.39, 0.29) is 0 Å². The largest absolute Gasteiger partial charge is 0.492 e. The molecule has 0 aliphatic heterocycles. The fourth-order valence-corrected chi connectivity index (χ4v) is 1.81. The number of nitrogens with zero attached hydrogens (tertiary/aromatic N) is 3. The van der Waals surface area contributed by atoms with Crippen LogP contribution in [0.2, 0.25) is 5.02 Å². The maximum atomic E-state index is 6.14. The van der Waals surface area contributed by atoms with Gasteiger partial charge in [-0.3, -0.25) is 0 Å². The van der Waals surface area contributed by atoms with E-state index >= 15 is 0 Å². The first-order valence-electron chi connectivity index (χ1n) is 5.54. The topological polar surface area (TPSA) is 59.9 Å². The minimum Gasteiger partial charge on any atom is -0.492 e. The highest BCUT2D eigenvalue weighted by Gasteiger charge is 2.10. The van der Waals surface area contributed by atoms with Crippen LogP contribution in [0, 0.1) is 0 Å². The molecule has 0 spiro atoms.